The number of likely N-dealkylation sites (tertiary alicyclic amines) is 1. The van der Waals surface area contributed by atoms with Crippen LogP contribution in [0.1, 0.15) is 24.8 Å². The van der Waals surface area contributed by atoms with Gasteiger partial charge in [-0.3, -0.25) is 4.90 Å². The number of halogens is 2. The zero-order chi connectivity index (χ0) is 18.1. The lowest BCUT2D eigenvalue weighted by Crippen LogP contribution is -2.33. The highest BCUT2D eigenvalue weighted by atomic mass is 35.5. The highest BCUT2D eigenvalue weighted by molar-refractivity contribution is 6.37. The topological polar surface area (TPSA) is 87.1 Å². The molecule has 24 heavy (non-hydrogen) atoms. The minimum atomic E-state index is -1.82. The number of rotatable bonds is 4. The molecule has 1 aromatic carbocycles. The van der Waals surface area contributed by atoms with Crippen LogP contribution < -0.4 is 4.74 Å². The summed E-state index contributed by atoms with van der Waals surface area (Å²) in [6.45, 7) is 5.91. The summed E-state index contributed by atoms with van der Waals surface area (Å²) in [7, 11) is 0. The van der Waals surface area contributed by atoms with Crippen molar-refractivity contribution in [3.63, 3.8) is 0 Å². The molecule has 1 fully saturated rings. The molecule has 0 radical (unpaired) electrons. The maximum absolute atomic E-state index is 9.10. The van der Waals surface area contributed by atoms with Crippen molar-refractivity contribution in [1.29, 1.82) is 0 Å². The number of aliphatic carboxylic acids is 2. The van der Waals surface area contributed by atoms with Gasteiger partial charge in [0.05, 0.1) is 10.0 Å². The Labute approximate surface area is 150 Å². The van der Waals surface area contributed by atoms with Crippen molar-refractivity contribution in [2.24, 2.45) is 0 Å². The van der Waals surface area contributed by atoms with Crippen LogP contribution in [0.25, 0.3) is 0 Å². The van der Waals surface area contributed by atoms with Gasteiger partial charge in [0, 0.05) is 6.54 Å². The molecule has 0 saturated carbocycles. The van der Waals surface area contributed by atoms with E-state index in [2.05, 4.69) is 4.90 Å². The normalized spacial score (nSPS) is 14.5. The summed E-state index contributed by atoms with van der Waals surface area (Å²) in [5.41, 5.74) is 1.05. The standard InChI is InChI=1S/C14H19Cl2NO.C2H2O4/c1-11-9-12(15)14(13(16)10-11)18-8-7-17-5-3-2-4-6-17;3-1(4)2(5)6/h9-10H,2-8H2,1H3;(H,3,4)(H,5,6). The summed E-state index contributed by atoms with van der Waals surface area (Å²) in [5.74, 6) is -3.04. The number of ether oxygens (including phenoxy) is 1. The van der Waals surface area contributed by atoms with Gasteiger partial charge in [-0.05, 0) is 50.6 Å². The molecule has 0 spiro atoms. The molecule has 6 nitrogen and oxygen atoms in total. The third-order valence-corrected chi connectivity index (χ3v) is 3.99. The van der Waals surface area contributed by atoms with Crippen LogP contribution in [0.3, 0.4) is 0 Å². The zero-order valence-electron chi connectivity index (χ0n) is 13.4. The third-order valence-electron chi connectivity index (χ3n) is 3.43. The fourth-order valence-corrected chi connectivity index (χ4v) is 2.99. The maximum atomic E-state index is 9.10. The molecule has 0 aromatic heterocycles. The van der Waals surface area contributed by atoms with E-state index in [0.717, 1.165) is 12.1 Å². The number of nitrogens with zero attached hydrogens (tertiary/aromatic N) is 1. The monoisotopic (exact) mass is 377 g/mol. The van der Waals surface area contributed by atoms with Crippen molar-refractivity contribution in [2.75, 3.05) is 26.2 Å². The van der Waals surface area contributed by atoms with Crippen molar-refractivity contribution in [2.45, 2.75) is 26.2 Å². The first-order valence-corrected chi connectivity index (χ1v) is 8.34. The number of carboxylic acids is 2. The van der Waals surface area contributed by atoms with Gasteiger partial charge in [0.1, 0.15) is 6.61 Å². The molecule has 0 atom stereocenters. The van der Waals surface area contributed by atoms with Gasteiger partial charge in [0.15, 0.2) is 5.75 Å². The third kappa shape index (κ3) is 7.38. The Bertz CT molecular complexity index is 539. The zero-order valence-corrected chi connectivity index (χ0v) is 14.9. The van der Waals surface area contributed by atoms with Gasteiger partial charge >= 0.3 is 11.9 Å². The molecule has 1 aromatic rings. The first-order chi connectivity index (χ1) is 11.3. The van der Waals surface area contributed by atoms with Crippen LogP contribution in [0.15, 0.2) is 12.1 Å². The smallest absolute Gasteiger partial charge is 0.414 e. The van der Waals surface area contributed by atoms with Crippen LogP contribution in [0.4, 0.5) is 0 Å². The Kier molecular flexibility index (Phi) is 8.89. The van der Waals surface area contributed by atoms with Gasteiger partial charge < -0.3 is 14.9 Å². The molecule has 0 aliphatic carbocycles. The molecule has 1 aliphatic rings. The highest BCUT2D eigenvalue weighted by Gasteiger charge is 2.12. The fourth-order valence-electron chi connectivity index (χ4n) is 2.28. The van der Waals surface area contributed by atoms with E-state index < -0.39 is 11.9 Å². The molecule has 0 amide bonds. The number of carbonyl (C=O) groups is 2. The molecule has 2 N–H and O–H groups in total. The van der Waals surface area contributed by atoms with Gasteiger partial charge in [0.25, 0.3) is 0 Å². The van der Waals surface area contributed by atoms with Crippen LogP contribution in [0, 0.1) is 6.92 Å². The van der Waals surface area contributed by atoms with Crippen molar-refractivity contribution < 1.29 is 24.5 Å². The number of piperidine rings is 1. The van der Waals surface area contributed by atoms with Crippen LogP contribution >= 0.6 is 23.2 Å². The second-order valence-electron chi connectivity index (χ2n) is 5.42. The second-order valence-corrected chi connectivity index (χ2v) is 6.23. The summed E-state index contributed by atoms with van der Waals surface area (Å²) < 4.78 is 5.72. The summed E-state index contributed by atoms with van der Waals surface area (Å²) in [6.07, 6.45) is 3.95. The molecular formula is C16H21Cl2NO5. The minimum Gasteiger partial charge on any atom is -0.489 e. The minimum absolute atomic E-state index is 0.596. The number of benzene rings is 1. The summed E-state index contributed by atoms with van der Waals surface area (Å²) in [6, 6.07) is 3.76. The van der Waals surface area contributed by atoms with Crippen molar-refractivity contribution in [3.05, 3.63) is 27.7 Å². The average Bonchev–Trinajstić information content (AvgIpc) is 2.51. The molecule has 0 bridgehead atoms. The van der Waals surface area contributed by atoms with Gasteiger partial charge in [-0.15, -0.1) is 0 Å². The first kappa shape index (κ1) is 20.5. The van der Waals surface area contributed by atoms with E-state index in [9.17, 15) is 0 Å². The Morgan fingerprint density at radius 1 is 1.08 bits per heavy atom. The molecule has 0 unspecified atom stereocenters. The Morgan fingerprint density at radius 3 is 2.04 bits per heavy atom. The molecular weight excluding hydrogens is 357 g/mol. The first-order valence-electron chi connectivity index (χ1n) is 7.58. The largest absolute Gasteiger partial charge is 0.489 e. The number of hydrogen-bond donors (Lipinski definition) is 2. The molecule has 8 heteroatoms. The maximum Gasteiger partial charge on any atom is 0.414 e. The van der Waals surface area contributed by atoms with E-state index in [-0.39, 0.29) is 0 Å². The van der Waals surface area contributed by atoms with Gasteiger partial charge in [-0.25, -0.2) is 9.59 Å². The van der Waals surface area contributed by atoms with Crippen molar-refractivity contribution in [3.8, 4) is 5.75 Å². The van der Waals surface area contributed by atoms with Crippen molar-refractivity contribution >= 4 is 35.1 Å². The number of carboxylic acid groups (broad SMARTS) is 2. The van der Waals surface area contributed by atoms with Gasteiger partial charge in [-0.2, -0.15) is 0 Å². The van der Waals surface area contributed by atoms with Crippen LogP contribution in [0.2, 0.25) is 10.0 Å². The second kappa shape index (κ2) is 10.4. The lowest BCUT2D eigenvalue weighted by atomic mass is 10.1. The summed E-state index contributed by atoms with van der Waals surface area (Å²) in [5, 5.41) is 16.0. The highest BCUT2D eigenvalue weighted by Crippen LogP contribution is 2.33. The van der Waals surface area contributed by atoms with E-state index in [0.29, 0.717) is 22.4 Å². The van der Waals surface area contributed by atoms with Crippen LogP contribution in [0.5, 0.6) is 5.75 Å². The number of hydrogen-bond acceptors (Lipinski definition) is 4. The van der Waals surface area contributed by atoms with Crippen molar-refractivity contribution in [1.82, 2.24) is 4.90 Å². The van der Waals surface area contributed by atoms with E-state index >= 15 is 0 Å². The van der Waals surface area contributed by atoms with Crippen LogP contribution in [-0.2, 0) is 9.59 Å². The molecule has 1 aliphatic heterocycles. The Balaban J connectivity index is 0.000000413. The lowest BCUT2D eigenvalue weighted by Gasteiger charge is -2.26. The quantitative estimate of drug-likeness (QED) is 0.782. The predicted octanol–water partition coefficient (Wildman–Crippen LogP) is 3.32. The Hall–Kier alpha value is -1.50. The average molecular weight is 378 g/mol. The molecule has 1 saturated heterocycles. The number of aryl methyl sites for hydroxylation is 1. The van der Waals surface area contributed by atoms with Gasteiger partial charge in [-0.1, -0.05) is 29.6 Å². The van der Waals surface area contributed by atoms with Gasteiger partial charge in [0.2, 0.25) is 0 Å². The van der Waals surface area contributed by atoms with E-state index in [1.807, 2.05) is 19.1 Å². The van der Waals surface area contributed by atoms with E-state index in [1.165, 1.54) is 32.4 Å². The van der Waals surface area contributed by atoms with E-state index in [1.54, 1.807) is 0 Å². The molecule has 134 valence electrons. The predicted molar refractivity (Wildman–Crippen MR) is 92.3 cm³/mol. The van der Waals surface area contributed by atoms with E-state index in [4.69, 9.17) is 47.7 Å². The summed E-state index contributed by atoms with van der Waals surface area (Å²) >= 11 is 12.3. The molecule has 2 rings (SSSR count). The van der Waals surface area contributed by atoms with Crippen LogP contribution in [-0.4, -0.2) is 53.3 Å². The SMILES string of the molecule is Cc1cc(Cl)c(OCCN2CCCCC2)c(Cl)c1.O=C(O)C(=O)O. The fraction of sp³-hybridized carbons (Fsp3) is 0.500. The summed E-state index contributed by atoms with van der Waals surface area (Å²) in [4.78, 5) is 20.6. The molecule has 1 heterocycles. The Morgan fingerprint density at radius 2 is 1.58 bits per heavy atom. The lowest BCUT2D eigenvalue weighted by molar-refractivity contribution is -0.159.